The van der Waals surface area contributed by atoms with Crippen molar-refractivity contribution in [3.05, 3.63) is 28.8 Å². The topological polar surface area (TPSA) is 158 Å². The molecule has 0 aliphatic heterocycles. The van der Waals surface area contributed by atoms with Crippen molar-refractivity contribution >= 4 is 17.5 Å². The fourth-order valence-electron chi connectivity index (χ4n) is 7.95. The van der Waals surface area contributed by atoms with E-state index in [0.29, 0.717) is 11.1 Å². The van der Waals surface area contributed by atoms with Crippen molar-refractivity contribution in [2.45, 2.75) is 78.6 Å². The van der Waals surface area contributed by atoms with Crippen LogP contribution in [0.4, 0.5) is 0 Å². The second-order valence-electron chi connectivity index (χ2n) is 12.5. The van der Waals surface area contributed by atoms with Gasteiger partial charge in [-0.3, -0.25) is 14.4 Å². The zero-order valence-electron chi connectivity index (χ0n) is 22.9. The third kappa shape index (κ3) is 3.66. The summed E-state index contributed by atoms with van der Waals surface area (Å²) in [6.07, 6.45) is -2.12. The van der Waals surface area contributed by atoms with Crippen LogP contribution in [0.3, 0.4) is 0 Å². The lowest BCUT2D eigenvalue weighted by atomic mass is 9.39. The van der Waals surface area contributed by atoms with Gasteiger partial charge in [0.2, 0.25) is 5.91 Å². The Kier molecular flexibility index (Phi) is 6.83. The second kappa shape index (κ2) is 9.18. The van der Waals surface area contributed by atoms with Crippen molar-refractivity contribution in [1.82, 2.24) is 0 Å². The molecule has 206 valence electrons. The Balaban J connectivity index is 1.94. The molecule has 0 bridgehead atoms. The minimum absolute atomic E-state index is 0.0323. The van der Waals surface area contributed by atoms with Gasteiger partial charge in [-0.05, 0) is 54.2 Å². The van der Waals surface area contributed by atoms with Crippen LogP contribution in [0.2, 0.25) is 0 Å². The number of aliphatic hydroxyl groups is 3. The standard InChI is InChI=1S/C30H39NO7/c1-7-15(4)8-9-16-10-11-18(32)19-17(16)12-28(5)13-29(6)21(14(2)3)24(34)20(27(31)37)25(35)30(29,38)26(36)22(28)23(19)33/h10-11,14-15,20-22,24,26,32,34,36,38H,7,12-13H2,1-6H3,(H2,31,37)/t15?,20-,21+,22-,24?,26?,28-,29-,30+/m1/s1. The Hall–Kier alpha value is -2.73. The highest BCUT2D eigenvalue weighted by atomic mass is 16.4. The molecular weight excluding hydrogens is 486 g/mol. The molecule has 8 heteroatoms. The van der Waals surface area contributed by atoms with E-state index in [1.54, 1.807) is 13.0 Å². The molecule has 9 atom stereocenters. The van der Waals surface area contributed by atoms with Gasteiger partial charge in [0.25, 0.3) is 0 Å². The fourth-order valence-corrected chi connectivity index (χ4v) is 7.95. The molecule has 0 radical (unpaired) electrons. The predicted molar refractivity (Wildman–Crippen MR) is 140 cm³/mol. The summed E-state index contributed by atoms with van der Waals surface area (Å²) in [6.45, 7) is 11.1. The number of aromatic hydroxyl groups is 1. The van der Waals surface area contributed by atoms with Gasteiger partial charge in [-0.15, -0.1) is 0 Å². The number of hydrogen-bond donors (Lipinski definition) is 5. The summed E-state index contributed by atoms with van der Waals surface area (Å²) in [4.78, 5) is 40.0. The second-order valence-corrected chi connectivity index (χ2v) is 12.5. The number of rotatable bonds is 3. The van der Waals surface area contributed by atoms with Crippen LogP contribution in [0.25, 0.3) is 0 Å². The summed E-state index contributed by atoms with van der Waals surface area (Å²) in [5, 5.41) is 45.8. The van der Waals surface area contributed by atoms with Gasteiger partial charge in [-0.1, -0.05) is 53.4 Å². The summed E-state index contributed by atoms with van der Waals surface area (Å²) < 4.78 is 0. The molecule has 1 aromatic rings. The molecular formula is C30H39NO7. The molecule has 38 heavy (non-hydrogen) atoms. The highest BCUT2D eigenvalue weighted by Gasteiger charge is 2.75. The molecule has 1 amide bonds. The summed E-state index contributed by atoms with van der Waals surface area (Å²) in [7, 11) is 0. The third-order valence-corrected chi connectivity index (χ3v) is 9.73. The zero-order chi connectivity index (χ0) is 28.5. The lowest BCUT2D eigenvalue weighted by Gasteiger charge is -2.66. The smallest absolute Gasteiger partial charge is 0.230 e. The van der Waals surface area contributed by atoms with Crippen molar-refractivity contribution in [3.63, 3.8) is 0 Å². The molecule has 0 saturated heterocycles. The minimum atomic E-state index is -2.51. The Morgan fingerprint density at radius 3 is 2.37 bits per heavy atom. The Bertz CT molecular complexity index is 1260. The first-order valence-electron chi connectivity index (χ1n) is 13.4. The number of Topliss-reactive ketones (excluding diaryl/α,β-unsaturated/α-hetero) is 2. The number of amides is 1. The van der Waals surface area contributed by atoms with E-state index >= 15 is 0 Å². The van der Waals surface area contributed by atoms with E-state index in [2.05, 4.69) is 11.8 Å². The van der Waals surface area contributed by atoms with Crippen LogP contribution in [0.15, 0.2) is 12.1 Å². The molecule has 3 unspecified atom stereocenters. The number of hydrogen-bond acceptors (Lipinski definition) is 7. The molecule has 2 fully saturated rings. The minimum Gasteiger partial charge on any atom is -0.507 e. The predicted octanol–water partition coefficient (Wildman–Crippen LogP) is 1.97. The van der Waals surface area contributed by atoms with Gasteiger partial charge in [-0.25, -0.2) is 0 Å². The molecule has 0 heterocycles. The van der Waals surface area contributed by atoms with Crippen LogP contribution in [-0.2, 0) is 16.0 Å². The van der Waals surface area contributed by atoms with Crippen molar-refractivity contribution in [2.24, 2.45) is 46.2 Å². The van der Waals surface area contributed by atoms with E-state index in [-0.39, 0.29) is 36.0 Å². The number of carbonyl (C=O) groups is 3. The maximum Gasteiger partial charge on any atom is 0.230 e. The van der Waals surface area contributed by atoms with E-state index in [1.807, 2.05) is 34.6 Å². The highest BCUT2D eigenvalue weighted by Crippen LogP contribution is 2.65. The molecule has 6 N–H and O–H groups in total. The first-order valence-corrected chi connectivity index (χ1v) is 13.4. The lowest BCUT2D eigenvalue weighted by molar-refractivity contribution is -0.265. The molecule has 3 aliphatic carbocycles. The first kappa shape index (κ1) is 28.3. The summed E-state index contributed by atoms with van der Waals surface area (Å²) in [6, 6.07) is 3.08. The largest absolute Gasteiger partial charge is 0.507 e. The Labute approximate surface area is 223 Å². The summed E-state index contributed by atoms with van der Waals surface area (Å²) in [5.74, 6) is -0.563. The van der Waals surface area contributed by atoms with E-state index in [9.17, 15) is 34.8 Å². The van der Waals surface area contributed by atoms with Gasteiger partial charge in [0.05, 0.1) is 17.6 Å². The van der Waals surface area contributed by atoms with Gasteiger partial charge in [0.1, 0.15) is 17.8 Å². The average Bonchev–Trinajstić information content (AvgIpc) is 2.80. The monoisotopic (exact) mass is 525 g/mol. The van der Waals surface area contributed by atoms with E-state index in [0.717, 1.165) is 6.42 Å². The number of aliphatic hydroxyl groups excluding tert-OH is 2. The van der Waals surface area contributed by atoms with Gasteiger partial charge in [0, 0.05) is 16.9 Å². The van der Waals surface area contributed by atoms with Crippen LogP contribution in [-0.4, -0.2) is 55.7 Å². The van der Waals surface area contributed by atoms with Crippen molar-refractivity contribution in [1.29, 1.82) is 0 Å². The average molecular weight is 526 g/mol. The van der Waals surface area contributed by atoms with Crippen LogP contribution < -0.4 is 5.73 Å². The van der Waals surface area contributed by atoms with Crippen molar-refractivity contribution in [3.8, 4) is 17.6 Å². The number of phenolic OH excluding ortho intramolecular Hbond substituents is 1. The van der Waals surface area contributed by atoms with Gasteiger partial charge >= 0.3 is 0 Å². The number of fused-ring (bicyclic) bond motifs is 3. The number of nitrogens with two attached hydrogens (primary N) is 1. The summed E-state index contributed by atoms with van der Waals surface area (Å²) in [5.41, 5.74) is 1.87. The Morgan fingerprint density at radius 1 is 1.18 bits per heavy atom. The van der Waals surface area contributed by atoms with Gasteiger partial charge in [-0.2, -0.15) is 0 Å². The van der Waals surface area contributed by atoms with E-state index in [1.165, 1.54) is 6.07 Å². The molecule has 0 spiro atoms. The zero-order valence-corrected chi connectivity index (χ0v) is 22.9. The molecule has 4 rings (SSSR count). The van der Waals surface area contributed by atoms with Crippen LogP contribution >= 0.6 is 0 Å². The maximum atomic E-state index is 14.0. The molecule has 3 aliphatic rings. The van der Waals surface area contributed by atoms with Crippen LogP contribution in [0, 0.1) is 52.3 Å². The summed E-state index contributed by atoms with van der Waals surface area (Å²) >= 11 is 0. The van der Waals surface area contributed by atoms with Crippen LogP contribution in [0.1, 0.15) is 75.9 Å². The Morgan fingerprint density at radius 2 is 1.82 bits per heavy atom. The maximum absolute atomic E-state index is 14.0. The highest BCUT2D eigenvalue weighted by molar-refractivity contribution is 6.09. The van der Waals surface area contributed by atoms with Gasteiger partial charge < -0.3 is 26.2 Å². The third-order valence-electron chi connectivity index (χ3n) is 9.73. The number of phenols is 1. The molecule has 2 saturated carbocycles. The van der Waals surface area contributed by atoms with Crippen molar-refractivity contribution in [2.75, 3.05) is 0 Å². The molecule has 0 aromatic heterocycles. The van der Waals surface area contributed by atoms with Gasteiger partial charge in [0.15, 0.2) is 17.2 Å². The lowest BCUT2D eigenvalue weighted by Crippen LogP contribution is -2.79. The van der Waals surface area contributed by atoms with Crippen LogP contribution in [0.5, 0.6) is 5.75 Å². The SMILES string of the molecule is CCC(C)C#Cc1ccc(O)c2c1C[C@]1(C)C[C@]3(C)[C@@H](C(C)C)C(O)[C@@H](C(N)=O)C(=O)[C@]3(O)C(O)[C@H]1C2=O. The normalized spacial score (nSPS) is 38.9. The molecule has 1 aromatic carbocycles. The number of carbonyl (C=O) groups excluding carboxylic acids is 3. The first-order chi connectivity index (χ1) is 17.6. The quantitative estimate of drug-likeness (QED) is 0.298. The molecule has 8 nitrogen and oxygen atoms in total. The number of primary amides is 1. The van der Waals surface area contributed by atoms with E-state index in [4.69, 9.17) is 5.73 Å². The van der Waals surface area contributed by atoms with E-state index < -0.39 is 63.9 Å². The number of benzene rings is 1. The number of ketones is 2. The fraction of sp³-hybridized carbons (Fsp3) is 0.633. The van der Waals surface area contributed by atoms with Crippen molar-refractivity contribution < 1.29 is 34.8 Å².